The molecule has 7 nitrogen and oxygen atoms in total. The zero-order chi connectivity index (χ0) is 19.8. The molecule has 0 bridgehead atoms. The number of carbonyl (C=O) groups excluding carboxylic acids is 1. The monoisotopic (exact) mass is 534 g/mol. The van der Waals surface area contributed by atoms with Crippen molar-refractivity contribution in [2.24, 2.45) is 16.6 Å². The van der Waals surface area contributed by atoms with Crippen molar-refractivity contribution in [2.45, 2.75) is 38.1 Å². The van der Waals surface area contributed by atoms with Gasteiger partial charge in [0.25, 0.3) is 0 Å². The number of hydrogen-bond acceptors (Lipinski definition) is 5. The minimum Gasteiger partial charge on any atom is -0.369 e. The summed E-state index contributed by atoms with van der Waals surface area (Å²) in [6.45, 7) is 5.93. The van der Waals surface area contributed by atoms with Crippen LogP contribution in [0.5, 0.6) is 0 Å². The zero-order valence-corrected chi connectivity index (χ0v) is 20.5. The Balaban J connectivity index is 0.00000300. The summed E-state index contributed by atoms with van der Waals surface area (Å²) in [5.74, 6) is 0.761. The number of likely N-dealkylation sites (tertiary alicyclic amines) is 1. The van der Waals surface area contributed by atoms with E-state index in [2.05, 4.69) is 42.9 Å². The van der Waals surface area contributed by atoms with E-state index in [0.717, 1.165) is 77.3 Å². The number of rotatable bonds is 7. The Morgan fingerprint density at radius 3 is 2.76 bits per heavy atom. The Morgan fingerprint density at radius 2 is 2.10 bits per heavy atom. The molecule has 0 saturated carbocycles. The van der Waals surface area contributed by atoms with E-state index in [0.29, 0.717) is 6.04 Å². The van der Waals surface area contributed by atoms with E-state index in [9.17, 15) is 4.79 Å². The van der Waals surface area contributed by atoms with Gasteiger partial charge in [-0.05, 0) is 62.7 Å². The number of anilines is 1. The fourth-order valence-corrected chi connectivity index (χ4v) is 4.87. The standard InChI is InChI=1S/C20H34N6OS.HI/c1-22-20(23-9-4-11-25-10-2-5-16(15-25)19(21)27)24-17-7-12-26(13-8-17)18-6-3-14-28-18;/h3,6,14,16-17H,2,4-5,7-13,15H2,1H3,(H2,21,27)(H2,22,23,24);1H. The van der Waals surface area contributed by atoms with Crippen LogP contribution in [-0.2, 0) is 4.79 Å². The average Bonchev–Trinajstić information content (AvgIpc) is 3.26. The first-order valence-electron chi connectivity index (χ1n) is 10.4. The van der Waals surface area contributed by atoms with E-state index in [4.69, 9.17) is 5.73 Å². The van der Waals surface area contributed by atoms with Crippen molar-refractivity contribution in [3.63, 3.8) is 0 Å². The molecule has 0 aliphatic carbocycles. The molecule has 1 aromatic heterocycles. The molecule has 1 unspecified atom stereocenters. The largest absolute Gasteiger partial charge is 0.369 e. The number of nitrogens with zero attached hydrogens (tertiary/aromatic N) is 3. The molecule has 3 rings (SSSR count). The Hall–Kier alpha value is -1.07. The summed E-state index contributed by atoms with van der Waals surface area (Å²) < 4.78 is 0. The van der Waals surface area contributed by atoms with E-state index >= 15 is 0 Å². The Kier molecular flexibility index (Phi) is 10.5. The SMILES string of the molecule is CN=C(NCCCN1CCCC(C(N)=O)C1)NC1CCN(c2cccs2)CC1.I. The molecule has 0 radical (unpaired) electrons. The third kappa shape index (κ3) is 7.60. The lowest BCUT2D eigenvalue weighted by Gasteiger charge is -2.33. The van der Waals surface area contributed by atoms with Crippen LogP contribution in [0.3, 0.4) is 0 Å². The molecule has 1 atom stereocenters. The second-order valence-electron chi connectivity index (χ2n) is 7.75. The fourth-order valence-electron chi connectivity index (χ4n) is 4.08. The Labute approximate surface area is 195 Å². The highest BCUT2D eigenvalue weighted by atomic mass is 127. The smallest absolute Gasteiger partial charge is 0.221 e. The number of nitrogens with two attached hydrogens (primary N) is 1. The van der Waals surface area contributed by atoms with Gasteiger partial charge in [0.1, 0.15) is 0 Å². The van der Waals surface area contributed by atoms with E-state index in [1.165, 1.54) is 5.00 Å². The van der Waals surface area contributed by atoms with Gasteiger partial charge in [0, 0.05) is 39.3 Å². The predicted molar refractivity (Wildman–Crippen MR) is 132 cm³/mol. The molecule has 164 valence electrons. The third-order valence-electron chi connectivity index (χ3n) is 5.73. The van der Waals surface area contributed by atoms with Gasteiger partial charge in [-0.2, -0.15) is 0 Å². The van der Waals surface area contributed by atoms with Gasteiger partial charge in [-0.3, -0.25) is 9.79 Å². The number of thiophene rings is 1. The molecular formula is C20H35IN6OS. The van der Waals surface area contributed by atoms with Gasteiger partial charge < -0.3 is 26.2 Å². The third-order valence-corrected chi connectivity index (χ3v) is 6.66. The van der Waals surface area contributed by atoms with E-state index in [1.54, 1.807) is 0 Å². The van der Waals surface area contributed by atoms with Gasteiger partial charge in [0.2, 0.25) is 5.91 Å². The maximum atomic E-state index is 11.4. The maximum Gasteiger partial charge on any atom is 0.221 e. The molecular weight excluding hydrogens is 499 g/mol. The Morgan fingerprint density at radius 1 is 1.31 bits per heavy atom. The number of guanidine groups is 1. The summed E-state index contributed by atoms with van der Waals surface area (Å²) in [6, 6.07) is 4.79. The van der Waals surface area contributed by atoms with Crippen LogP contribution in [0.4, 0.5) is 5.00 Å². The summed E-state index contributed by atoms with van der Waals surface area (Å²) >= 11 is 1.82. The normalized spacial score (nSPS) is 21.5. The number of piperidine rings is 2. The number of carbonyl (C=O) groups is 1. The van der Waals surface area contributed by atoms with Crippen molar-refractivity contribution in [3.8, 4) is 0 Å². The summed E-state index contributed by atoms with van der Waals surface area (Å²) in [7, 11) is 1.83. The van der Waals surface area contributed by atoms with Gasteiger partial charge in [0.15, 0.2) is 5.96 Å². The van der Waals surface area contributed by atoms with E-state index in [1.807, 2.05) is 18.4 Å². The molecule has 9 heteroatoms. The lowest BCUT2D eigenvalue weighted by atomic mass is 9.97. The van der Waals surface area contributed by atoms with Gasteiger partial charge >= 0.3 is 0 Å². The molecule has 2 saturated heterocycles. The van der Waals surface area contributed by atoms with Crippen molar-refractivity contribution in [1.82, 2.24) is 15.5 Å². The second kappa shape index (κ2) is 12.6. The molecule has 1 amide bonds. The van der Waals surface area contributed by atoms with Crippen molar-refractivity contribution in [1.29, 1.82) is 0 Å². The van der Waals surface area contributed by atoms with Crippen LogP contribution in [0.25, 0.3) is 0 Å². The van der Waals surface area contributed by atoms with Crippen LogP contribution >= 0.6 is 35.3 Å². The van der Waals surface area contributed by atoms with Crippen LogP contribution in [0.15, 0.2) is 22.5 Å². The number of hydrogen-bond donors (Lipinski definition) is 3. The van der Waals surface area contributed by atoms with Crippen molar-refractivity contribution in [3.05, 3.63) is 17.5 Å². The lowest BCUT2D eigenvalue weighted by Crippen LogP contribution is -2.49. The summed E-state index contributed by atoms with van der Waals surface area (Å²) in [5, 5.41) is 10.5. The molecule has 0 aromatic carbocycles. The van der Waals surface area contributed by atoms with Crippen molar-refractivity contribution in [2.75, 3.05) is 51.2 Å². The van der Waals surface area contributed by atoms with Crippen LogP contribution in [0, 0.1) is 5.92 Å². The van der Waals surface area contributed by atoms with Crippen LogP contribution < -0.4 is 21.3 Å². The minimum atomic E-state index is -0.155. The molecule has 0 spiro atoms. The molecule has 1 aromatic rings. The van der Waals surface area contributed by atoms with Gasteiger partial charge in [-0.1, -0.05) is 0 Å². The molecule has 3 heterocycles. The summed E-state index contributed by atoms with van der Waals surface area (Å²) in [4.78, 5) is 20.6. The molecule has 2 aliphatic heterocycles. The number of primary amides is 1. The molecule has 2 aliphatic rings. The summed E-state index contributed by atoms with van der Waals surface area (Å²) in [6.07, 6.45) is 5.28. The average molecular weight is 535 g/mol. The quantitative estimate of drug-likeness (QED) is 0.216. The Bertz CT molecular complexity index is 633. The summed E-state index contributed by atoms with van der Waals surface area (Å²) in [5.41, 5.74) is 5.46. The zero-order valence-electron chi connectivity index (χ0n) is 17.3. The van der Waals surface area contributed by atoms with Crippen LogP contribution in [0.1, 0.15) is 32.1 Å². The highest BCUT2D eigenvalue weighted by Gasteiger charge is 2.23. The lowest BCUT2D eigenvalue weighted by molar-refractivity contribution is -0.123. The first-order valence-corrected chi connectivity index (χ1v) is 11.3. The van der Waals surface area contributed by atoms with Crippen molar-refractivity contribution < 1.29 is 4.79 Å². The van der Waals surface area contributed by atoms with Crippen LogP contribution in [0.2, 0.25) is 0 Å². The number of halogens is 1. The predicted octanol–water partition coefficient (Wildman–Crippen LogP) is 2.09. The fraction of sp³-hybridized carbons (Fsp3) is 0.700. The van der Waals surface area contributed by atoms with E-state index in [-0.39, 0.29) is 35.8 Å². The van der Waals surface area contributed by atoms with Crippen LogP contribution in [-0.4, -0.2) is 69.1 Å². The van der Waals surface area contributed by atoms with Gasteiger partial charge in [-0.25, -0.2) is 0 Å². The van der Waals surface area contributed by atoms with E-state index < -0.39 is 0 Å². The maximum absolute atomic E-state index is 11.4. The molecule has 4 N–H and O–H groups in total. The highest BCUT2D eigenvalue weighted by Crippen LogP contribution is 2.24. The van der Waals surface area contributed by atoms with Gasteiger partial charge in [0.05, 0.1) is 10.9 Å². The number of nitrogens with one attached hydrogen (secondary N) is 2. The molecule has 29 heavy (non-hydrogen) atoms. The second-order valence-corrected chi connectivity index (χ2v) is 8.68. The molecule has 2 fully saturated rings. The number of amides is 1. The first-order chi connectivity index (χ1) is 13.7. The number of aliphatic imine (C=N–C) groups is 1. The topological polar surface area (TPSA) is 86.0 Å². The first kappa shape index (κ1) is 24.2. The van der Waals surface area contributed by atoms with Gasteiger partial charge in [-0.15, -0.1) is 35.3 Å². The van der Waals surface area contributed by atoms with Crippen molar-refractivity contribution >= 4 is 52.2 Å². The highest BCUT2D eigenvalue weighted by molar-refractivity contribution is 14.0. The minimum absolute atomic E-state index is 0.